The molecule has 1 aliphatic carbocycles. The third-order valence-corrected chi connectivity index (χ3v) is 6.28. The van der Waals surface area contributed by atoms with Crippen LogP contribution in [0, 0.1) is 0 Å². The average Bonchev–Trinajstić information content (AvgIpc) is 3.62. The summed E-state index contributed by atoms with van der Waals surface area (Å²) in [6, 6.07) is 21.0. The van der Waals surface area contributed by atoms with Crippen molar-refractivity contribution in [1.82, 2.24) is 4.57 Å². The highest BCUT2D eigenvalue weighted by Gasteiger charge is 2.31. The SMILES string of the molecule is CCOC(=O)c1c(-c2ccc(C3CC3)cc2)c2ccccc2n1Cc1cccc(C(F)(F)F)c1. The summed E-state index contributed by atoms with van der Waals surface area (Å²) in [5, 5.41) is 0.858. The fourth-order valence-electron chi connectivity index (χ4n) is 4.54. The van der Waals surface area contributed by atoms with Crippen molar-refractivity contribution in [2.24, 2.45) is 0 Å². The molecule has 34 heavy (non-hydrogen) atoms. The Bertz CT molecular complexity index is 1350. The molecule has 0 atom stereocenters. The van der Waals surface area contributed by atoms with Gasteiger partial charge in [-0.2, -0.15) is 13.2 Å². The Balaban J connectivity index is 1.68. The zero-order chi connectivity index (χ0) is 23.9. The molecule has 0 unspecified atom stereocenters. The van der Waals surface area contributed by atoms with E-state index < -0.39 is 17.7 Å². The second-order valence-electron chi connectivity index (χ2n) is 8.64. The van der Waals surface area contributed by atoms with Crippen LogP contribution in [0.15, 0.2) is 72.8 Å². The zero-order valence-corrected chi connectivity index (χ0v) is 18.7. The lowest BCUT2D eigenvalue weighted by Crippen LogP contribution is -2.14. The molecule has 1 aromatic heterocycles. The van der Waals surface area contributed by atoms with E-state index in [9.17, 15) is 18.0 Å². The second-order valence-corrected chi connectivity index (χ2v) is 8.64. The molecule has 3 nitrogen and oxygen atoms in total. The molecule has 5 rings (SSSR count). The number of fused-ring (bicyclic) bond motifs is 1. The van der Waals surface area contributed by atoms with E-state index in [2.05, 4.69) is 12.1 Å². The number of nitrogens with zero attached hydrogens (tertiary/aromatic N) is 1. The molecule has 0 aliphatic heterocycles. The van der Waals surface area contributed by atoms with Gasteiger partial charge in [-0.05, 0) is 60.6 Å². The normalized spacial score (nSPS) is 13.9. The number of alkyl halides is 3. The summed E-state index contributed by atoms with van der Waals surface area (Å²) in [5.74, 6) is 0.118. The molecule has 3 aromatic carbocycles. The van der Waals surface area contributed by atoms with Crippen molar-refractivity contribution in [3.05, 3.63) is 95.2 Å². The predicted molar refractivity (Wildman–Crippen MR) is 126 cm³/mol. The fraction of sp³-hybridized carbons (Fsp3) is 0.250. The van der Waals surface area contributed by atoms with Crippen LogP contribution in [0.4, 0.5) is 13.2 Å². The zero-order valence-electron chi connectivity index (χ0n) is 18.7. The number of ether oxygens (including phenoxy) is 1. The lowest BCUT2D eigenvalue weighted by atomic mass is 9.99. The molecule has 1 aliphatic rings. The largest absolute Gasteiger partial charge is 0.461 e. The average molecular weight is 463 g/mol. The fourth-order valence-corrected chi connectivity index (χ4v) is 4.54. The van der Waals surface area contributed by atoms with Gasteiger partial charge in [0, 0.05) is 23.0 Å². The van der Waals surface area contributed by atoms with Gasteiger partial charge in [0.15, 0.2) is 0 Å². The number of carbonyl (C=O) groups is 1. The maximum Gasteiger partial charge on any atom is 0.416 e. The van der Waals surface area contributed by atoms with Crippen LogP contribution >= 0.6 is 0 Å². The first-order valence-corrected chi connectivity index (χ1v) is 11.4. The molecule has 0 spiro atoms. The van der Waals surface area contributed by atoms with Gasteiger partial charge in [-0.3, -0.25) is 0 Å². The monoisotopic (exact) mass is 463 g/mol. The molecule has 0 N–H and O–H groups in total. The van der Waals surface area contributed by atoms with E-state index in [1.165, 1.54) is 24.5 Å². The molecule has 6 heteroatoms. The Morgan fingerprint density at radius 1 is 1.00 bits per heavy atom. The van der Waals surface area contributed by atoms with E-state index in [1.807, 2.05) is 36.4 Å². The topological polar surface area (TPSA) is 31.2 Å². The minimum Gasteiger partial charge on any atom is -0.461 e. The van der Waals surface area contributed by atoms with E-state index in [0.29, 0.717) is 17.2 Å². The van der Waals surface area contributed by atoms with Gasteiger partial charge in [-0.25, -0.2) is 4.79 Å². The molecule has 0 bridgehead atoms. The van der Waals surface area contributed by atoms with Crippen LogP contribution in [-0.4, -0.2) is 17.1 Å². The van der Waals surface area contributed by atoms with Crippen LogP contribution in [0.25, 0.3) is 22.0 Å². The molecule has 0 saturated heterocycles. The molecular formula is C28H24F3NO2. The Morgan fingerprint density at radius 2 is 1.74 bits per heavy atom. The quantitative estimate of drug-likeness (QED) is 0.279. The van der Waals surface area contributed by atoms with E-state index in [0.717, 1.165) is 34.2 Å². The number of aromatic nitrogens is 1. The molecule has 0 amide bonds. The van der Waals surface area contributed by atoms with Crippen molar-refractivity contribution in [1.29, 1.82) is 0 Å². The summed E-state index contributed by atoms with van der Waals surface area (Å²) in [7, 11) is 0. The van der Waals surface area contributed by atoms with E-state index in [1.54, 1.807) is 17.6 Å². The van der Waals surface area contributed by atoms with Crippen molar-refractivity contribution >= 4 is 16.9 Å². The van der Waals surface area contributed by atoms with Crippen molar-refractivity contribution in [2.45, 2.75) is 38.4 Å². The van der Waals surface area contributed by atoms with Gasteiger partial charge in [0.05, 0.1) is 12.2 Å². The van der Waals surface area contributed by atoms with Crippen LogP contribution in [0.5, 0.6) is 0 Å². The maximum absolute atomic E-state index is 13.3. The van der Waals surface area contributed by atoms with Crippen LogP contribution < -0.4 is 0 Å². The van der Waals surface area contributed by atoms with E-state index >= 15 is 0 Å². The van der Waals surface area contributed by atoms with Gasteiger partial charge in [-0.15, -0.1) is 0 Å². The van der Waals surface area contributed by atoms with Crippen LogP contribution in [0.1, 0.15) is 52.9 Å². The summed E-state index contributed by atoms with van der Waals surface area (Å²) in [4.78, 5) is 13.2. The van der Waals surface area contributed by atoms with E-state index in [4.69, 9.17) is 4.74 Å². The molecule has 174 valence electrons. The highest BCUT2D eigenvalue weighted by atomic mass is 19.4. The molecular weight excluding hydrogens is 439 g/mol. The number of hydrogen-bond donors (Lipinski definition) is 0. The van der Waals surface area contributed by atoms with Crippen LogP contribution in [-0.2, 0) is 17.5 Å². The summed E-state index contributed by atoms with van der Waals surface area (Å²) < 4.78 is 47.1. The summed E-state index contributed by atoms with van der Waals surface area (Å²) in [5.41, 5.74) is 3.76. The smallest absolute Gasteiger partial charge is 0.416 e. The molecule has 0 radical (unpaired) electrons. The highest BCUT2D eigenvalue weighted by Crippen LogP contribution is 2.42. The maximum atomic E-state index is 13.3. The third-order valence-electron chi connectivity index (χ3n) is 6.28. The van der Waals surface area contributed by atoms with Gasteiger partial charge >= 0.3 is 12.1 Å². The first-order valence-electron chi connectivity index (χ1n) is 11.4. The van der Waals surface area contributed by atoms with Gasteiger partial charge in [0.25, 0.3) is 0 Å². The van der Waals surface area contributed by atoms with Gasteiger partial charge in [-0.1, -0.05) is 54.6 Å². The Labute approximate surface area is 195 Å². The Hall–Kier alpha value is -3.54. The number of benzene rings is 3. The summed E-state index contributed by atoms with van der Waals surface area (Å²) >= 11 is 0. The van der Waals surface area contributed by atoms with Gasteiger partial charge in [0.2, 0.25) is 0 Å². The Kier molecular flexibility index (Phi) is 5.68. The molecule has 4 aromatic rings. The van der Waals surface area contributed by atoms with Gasteiger partial charge < -0.3 is 9.30 Å². The third kappa shape index (κ3) is 4.20. The molecule has 1 fully saturated rings. The number of carbonyl (C=O) groups excluding carboxylic acids is 1. The predicted octanol–water partition coefficient (Wildman–Crippen LogP) is 7.43. The van der Waals surface area contributed by atoms with Crippen LogP contribution in [0.2, 0.25) is 0 Å². The van der Waals surface area contributed by atoms with Crippen molar-refractivity contribution in [2.75, 3.05) is 6.61 Å². The number of halogens is 3. The summed E-state index contributed by atoms with van der Waals surface area (Å²) in [6.07, 6.45) is -2.04. The molecule has 1 heterocycles. The number of rotatable bonds is 6. The standard InChI is InChI=1S/C28H24F3NO2/c1-2-34-27(33)26-25(21-14-12-20(13-15-21)19-10-11-19)23-8-3-4-9-24(23)32(26)17-18-6-5-7-22(16-18)28(29,30)31/h3-9,12-16,19H,2,10-11,17H2,1H3. The lowest BCUT2D eigenvalue weighted by Gasteiger charge is -2.14. The first-order chi connectivity index (χ1) is 16.4. The van der Waals surface area contributed by atoms with Crippen molar-refractivity contribution in [3.8, 4) is 11.1 Å². The van der Waals surface area contributed by atoms with Gasteiger partial charge in [0.1, 0.15) is 5.69 Å². The minimum absolute atomic E-state index is 0.110. The van der Waals surface area contributed by atoms with E-state index in [-0.39, 0.29) is 13.2 Å². The first kappa shape index (κ1) is 22.3. The minimum atomic E-state index is -4.44. The lowest BCUT2D eigenvalue weighted by molar-refractivity contribution is -0.137. The number of para-hydroxylation sites is 1. The van der Waals surface area contributed by atoms with Crippen molar-refractivity contribution < 1.29 is 22.7 Å². The highest BCUT2D eigenvalue weighted by molar-refractivity contribution is 6.08. The van der Waals surface area contributed by atoms with Crippen molar-refractivity contribution in [3.63, 3.8) is 0 Å². The second kappa shape index (κ2) is 8.67. The number of hydrogen-bond acceptors (Lipinski definition) is 2. The van der Waals surface area contributed by atoms with Crippen LogP contribution in [0.3, 0.4) is 0 Å². The molecule has 1 saturated carbocycles. The Morgan fingerprint density at radius 3 is 2.41 bits per heavy atom. The summed E-state index contributed by atoms with van der Waals surface area (Å²) in [6.45, 7) is 2.05. The number of esters is 1.